The lowest BCUT2D eigenvalue weighted by Crippen LogP contribution is -2.01. The number of ether oxygens (including phenoxy) is 2. The normalized spacial score (nSPS) is 12.3. The summed E-state index contributed by atoms with van der Waals surface area (Å²) in [4.78, 5) is 0.739. The molecule has 0 aliphatic rings. The van der Waals surface area contributed by atoms with Crippen LogP contribution in [0.1, 0.15) is 16.5 Å². The zero-order valence-corrected chi connectivity index (χ0v) is 13.5. The summed E-state index contributed by atoms with van der Waals surface area (Å²) in [6.07, 6.45) is -0.807. The van der Waals surface area contributed by atoms with Crippen LogP contribution in [0.4, 0.5) is 0 Å². The average Bonchev–Trinajstić information content (AvgIpc) is 2.77. The van der Waals surface area contributed by atoms with E-state index in [1.807, 2.05) is 0 Å². The predicted molar refractivity (Wildman–Crippen MR) is 80.6 cm³/mol. The van der Waals surface area contributed by atoms with E-state index in [1.54, 1.807) is 38.5 Å². The summed E-state index contributed by atoms with van der Waals surface area (Å²) in [5.41, 5.74) is 0.646. The van der Waals surface area contributed by atoms with Gasteiger partial charge < -0.3 is 14.6 Å². The van der Waals surface area contributed by atoms with Crippen LogP contribution in [0.25, 0.3) is 0 Å². The first-order valence-electron chi connectivity index (χ1n) is 5.41. The van der Waals surface area contributed by atoms with Crippen LogP contribution in [-0.4, -0.2) is 19.3 Å². The zero-order valence-electron chi connectivity index (χ0n) is 10.3. The molecule has 0 radical (unpaired) electrons. The SMILES string of the molecule is COc1ccc(OC)c(C(O)c2cc(Cl)c(Br)s2)c1. The van der Waals surface area contributed by atoms with E-state index >= 15 is 0 Å². The summed E-state index contributed by atoms with van der Waals surface area (Å²) >= 11 is 10.7. The number of methoxy groups -OCH3 is 2. The smallest absolute Gasteiger partial charge is 0.125 e. The Labute approximate surface area is 128 Å². The summed E-state index contributed by atoms with van der Waals surface area (Å²) < 4.78 is 11.2. The van der Waals surface area contributed by atoms with E-state index in [-0.39, 0.29) is 0 Å². The molecule has 3 nitrogen and oxygen atoms in total. The molecule has 0 spiro atoms. The van der Waals surface area contributed by atoms with Crippen molar-refractivity contribution in [1.82, 2.24) is 0 Å². The largest absolute Gasteiger partial charge is 0.497 e. The van der Waals surface area contributed by atoms with Crippen LogP contribution in [0.3, 0.4) is 0 Å². The van der Waals surface area contributed by atoms with E-state index in [9.17, 15) is 5.11 Å². The van der Waals surface area contributed by atoms with Crippen molar-refractivity contribution >= 4 is 38.9 Å². The molecule has 6 heteroatoms. The van der Waals surface area contributed by atoms with Gasteiger partial charge in [-0.2, -0.15) is 0 Å². The van der Waals surface area contributed by atoms with Gasteiger partial charge in [-0.3, -0.25) is 0 Å². The Morgan fingerprint density at radius 3 is 2.53 bits per heavy atom. The first-order valence-corrected chi connectivity index (χ1v) is 7.40. The second-order valence-electron chi connectivity index (χ2n) is 3.78. The number of halogens is 2. The monoisotopic (exact) mass is 362 g/mol. The van der Waals surface area contributed by atoms with Gasteiger partial charge in [-0.25, -0.2) is 0 Å². The van der Waals surface area contributed by atoms with Gasteiger partial charge >= 0.3 is 0 Å². The zero-order chi connectivity index (χ0) is 14.0. The molecule has 0 fully saturated rings. The highest BCUT2D eigenvalue weighted by Crippen LogP contribution is 2.40. The molecular formula is C13H12BrClO3S. The number of hydrogen-bond donors (Lipinski definition) is 1. The van der Waals surface area contributed by atoms with Gasteiger partial charge in [0.2, 0.25) is 0 Å². The molecule has 1 aromatic heterocycles. The van der Waals surface area contributed by atoms with E-state index in [1.165, 1.54) is 11.3 Å². The van der Waals surface area contributed by atoms with E-state index in [0.29, 0.717) is 22.1 Å². The van der Waals surface area contributed by atoms with Crippen LogP contribution >= 0.6 is 38.9 Å². The Bertz CT molecular complexity index is 566. The number of aliphatic hydroxyl groups excluding tert-OH is 1. The van der Waals surface area contributed by atoms with E-state index in [2.05, 4.69) is 15.9 Å². The fourth-order valence-corrected chi connectivity index (χ4v) is 3.46. The van der Waals surface area contributed by atoms with Crippen LogP contribution in [-0.2, 0) is 0 Å². The minimum absolute atomic E-state index is 0.584. The van der Waals surface area contributed by atoms with Crippen molar-refractivity contribution < 1.29 is 14.6 Å². The average molecular weight is 364 g/mol. The number of hydrogen-bond acceptors (Lipinski definition) is 4. The van der Waals surface area contributed by atoms with Crippen molar-refractivity contribution in [2.75, 3.05) is 14.2 Å². The first kappa shape index (κ1) is 14.7. The number of aliphatic hydroxyl groups is 1. The molecule has 2 aromatic rings. The molecule has 2 rings (SSSR count). The van der Waals surface area contributed by atoms with Crippen LogP contribution < -0.4 is 9.47 Å². The summed E-state index contributed by atoms with van der Waals surface area (Å²) in [5, 5.41) is 11.0. The molecule has 0 saturated carbocycles. The third kappa shape index (κ3) is 3.05. The van der Waals surface area contributed by atoms with Crippen LogP contribution in [0.15, 0.2) is 28.1 Å². The van der Waals surface area contributed by atoms with Crippen molar-refractivity contribution in [2.45, 2.75) is 6.10 Å². The van der Waals surface area contributed by atoms with Crippen molar-refractivity contribution in [3.8, 4) is 11.5 Å². The maximum atomic E-state index is 10.5. The van der Waals surface area contributed by atoms with Gasteiger partial charge in [-0.1, -0.05) is 11.6 Å². The molecule has 0 aliphatic carbocycles. The first-order chi connectivity index (χ1) is 9.06. The fraction of sp³-hybridized carbons (Fsp3) is 0.231. The highest BCUT2D eigenvalue weighted by Gasteiger charge is 2.19. The minimum atomic E-state index is -0.807. The fourth-order valence-electron chi connectivity index (χ4n) is 1.70. The van der Waals surface area contributed by atoms with E-state index in [4.69, 9.17) is 21.1 Å². The molecule has 1 atom stereocenters. The van der Waals surface area contributed by atoms with Gasteiger partial charge in [0.1, 0.15) is 17.6 Å². The molecule has 102 valence electrons. The van der Waals surface area contributed by atoms with Crippen LogP contribution in [0.2, 0.25) is 5.02 Å². The van der Waals surface area contributed by atoms with Gasteiger partial charge in [-0.15, -0.1) is 11.3 Å². The lowest BCUT2D eigenvalue weighted by atomic mass is 10.1. The van der Waals surface area contributed by atoms with Crippen molar-refractivity contribution in [1.29, 1.82) is 0 Å². The van der Waals surface area contributed by atoms with Gasteiger partial charge in [-0.05, 0) is 40.2 Å². The predicted octanol–water partition coefficient (Wildman–Crippen LogP) is 4.26. The molecule has 0 saturated heterocycles. The molecule has 0 bridgehead atoms. The lowest BCUT2D eigenvalue weighted by molar-refractivity contribution is 0.218. The molecule has 19 heavy (non-hydrogen) atoms. The Morgan fingerprint density at radius 2 is 2.00 bits per heavy atom. The van der Waals surface area contributed by atoms with Gasteiger partial charge in [0.05, 0.1) is 23.0 Å². The highest BCUT2D eigenvalue weighted by molar-refractivity contribution is 9.11. The number of rotatable bonds is 4. The summed E-state index contributed by atoms with van der Waals surface area (Å²) in [6.45, 7) is 0. The van der Waals surface area contributed by atoms with Crippen molar-refractivity contribution in [3.05, 3.63) is 43.5 Å². The minimum Gasteiger partial charge on any atom is -0.497 e. The second-order valence-corrected chi connectivity index (χ2v) is 6.59. The lowest BCUT2D eigenvalue weighted by Gasteiger charge is -2.14. The second kappa shape index (κ2) is 6.13. The summed E-state index contributed by atoms with van der Waals surface area (Å²) in [7, 11) is 3.14. The maximum absolute atomic E-state index is 10.5. The summed E-state index contributed by atoms with van der Waals surface area (Å²) in [5.74, 6) is 1.27. The van der Waals surface area contributed by atoms with Crippen LogP contribution in [0, 0.1) is 0 Å². The topological polar surface area (TPSA) is 38.7 Å². The molecule has 1 unspecified atom stereocenters. The molecule has 1 heterocycles. The van der Waals surface area contributed by atoms with Gasteiger partial charge in [0, 0.05) is 10.4 Å². The number of benzene rings is 1. The Morgan fingerprint density at radius 1 is 1.26 bits per heavy atom. The van der Waals surface area contributed by atoms with Crippen molar-refractivity contribution in [2.24, 2.45) is 0 Å². The molecule has 0 aliphatic heterocycles. The van der Waals surface area contributed by atoms with Gasteiger partial charge in [0.25, 0.3) is 0 Å². The third-order valence-electron chi connectivity index (χ3n) is 2.67. The van der Waals surface area contributed by atoms with E-state index < -0.39 is 6.10 Å². The quantitative estimate of drug-likeness (QED) is 0.882. The third-order valence-corrected chi connectivity index (χ3v) is 5.19. The molecule has 1 N–H and O–H groups in total. The van der Waals surface area contributed by atoms with Crippen LogP contribution in [0.5, 0.6) is 11.5 Å². The Balaban J connectivity index is 2.44. The standard InChI is InChI=1S/C13H12BrClO3S/c1-17-7-3-4-10(18-2)8(5-7)12(16)11-6-9(15)13(14)19-11/h3-6,12,16H,1-2H3. The molecular weight excluding hydrogens is 352 g/mol. The Hall–Kier alpha value is -0.750. The van der Waals surface area contributed by atoms with E-state index in [0.717, 1.165) is 8.66 Å². The Kier molecular flexibility index (Phi) is 4.73. The summed E-state index contributed by atoms with van der Waals surface area (Å²) in [6, 6.07) is 7.04. The number of thiophene rings is 1. The van der Waals surface area contributed by atoms with Gasteiger partial charge in [0.15, 0.2) is 0 Å². The molecule has 0 amide bonds. The highest BCUT2D eigenvalue weighted by atomic mass is 79.9. The molecule has 1 aromatic carbocycles. The van der Waals surface area contributed by atoms with Crippen molar-refractivity contribution in [3.63, 3.8) is 0 Å². The maximum Gasteiger partial charge on any atom is 0.125 e.